The van der Waals surface area contributed by atoms with Crippen molar-refractivity contribution in [3.05, 3.63) is 71.4 Å². The Balaban J connectivity index is 1.48. The van der Waals surface area contributed by atoms with Crippen molar-refractivity contribution in [2.45, 2.75) is 13.5 Å². The summed E-state index contributed by atoms with van der Waals surface area (Å²) in [5.74, 6) is -0.130. The van der Waals surface area contributed by atoms with Crippen LogP contribution in [-0.4, -0.2) is 30.2 Å². The first-order chi connectivity index (χ1) is 13.1. The molecule has 0 unspecified atom stereocenters. The lowest BCUT2D eigenvalue weighted by atomic mass is 10.1. The summed E-state index contributed by atoms with van der Waals surface area (Å²) in [5.41, 5.74) is 3.59. The van der Waals surface area contributed by atoms with Gasteiger partial charge in [0.15, 0.2) is 5.13 Å². The summed E-state index contributed by atoms with van der Waals surface area (Å²) in [4.78, 5) is 22.0. The maximum atomic E-state index is 12.6. The fourth-order valence-corrected chi connectivity index (χ4v) is 3.76. The molecule has 0 atom stereocenters. The summed E-state index contributed by atoms with van der Waals surface area (Å²) in [6, 6.07) is 7.80. The highest BCUT2D eigenvalue weighted by atomic mass is 32.1. The van der Waals surface area contributed by atoms with Crippen LogP contribution in [0.4, 0.5) is 0 Å². The van der Waals surface area contributed by atoms with Crippen molar-refractivity contribution < 1.29 is 4.79 Å². The van der Waals surface area contributed by atoms with Gasteiger partial charge in [0.2, 0.25) is 0 Å². The fraction of sp³-hybridized carbons (Fsp3) is 0.158. The second-order valence-electron chi connectivity index (χ2n) is 6.11. The molecule has 0 bridgehead atoms. The van der Waals surface area contributed by atoms with E-state index in [1.54, 1.807) is 23.3 Å². The summed E-state index contributed by atoms with van der Waals surface area (Å²) in [5, 5.41) is 7.92. The minimum Gasteiger partial charge on any atom is -0.347 e. The number of hydrogen-bond acceptors (Lipinski definition) is 5. The van der Waals surface area contributed by atoms with Crippen LogP contribution in [0.2, 0.25) is 0 Å². The molecular formula is C19H18N6OS. The second-order valence-corrected chi connectivity index (χ2v) is 7.08. The predicted octanol–water partition coefficient (Wildman–Crippen LogP) is 2.97. The first kappa shape index (κ1) is 17.2. The standard InChI is InChI=1S/C19H18N6OS/c1-13-17(27-19(23-13)25-7-3-4-8-25)18(26)21-11-14-9-15(12-20-10-14)16-5-6-22-24(16)2/h3-10,12H,11H2,1-2H3,(H,21,26). The molecule has 4 rings (SSSR count). The number of pyridine rings is 1. The maximum absolute atomic E-state index is 12.6. The molecule has 0 aliphatic carbocycles. The van der Waals surface area contributed by atoms with Gasteiger partial charge >= 0.3 is 0 Å². The van der Waals surface area contributed by atoms with Crippen LogP contribution in [0.3, 0.4) is 0 Å². The molecule has 27 heavy (non-hydrogen) atoms. The molecule has 0 aliphatic heterocycles. The van der Waals surface area contributed by atoms with Crippen LogP contribution in [-0.2, 0) is 13.6 Å². The number of hydrogen-bond donors (Lipinski definition) is 1. The van der Waals surface area contributed by atoms with E-state index in [0.717, 1.165) is 27.6 Å². The Bertz CT molecular complexity index is 1080. The van der Waals surface area contributed by atoms with Gasteiger partial charge in [0, 0.05) is 50.1 Å². The molecule has 4 heterocycles. The SMILES string of the molecule is Cc1nc(-n2cccc2)sc1C(=O)NCc1cncc(-c2ccnn2C)c1. The Morgan fingerprint density at radius 1 is 1.26 bits per heavy atom. The van der Waals surface area contributed by atoms with E-state index < -0.39 is 0 Å². The lowest BCUT2D eigenvalue weighted by Crippen LogP contribution is -2.22. The number of aryl methyl sites for hydroxylation is 2. The highest BCUT2D eigenvalue weighted by molar-refractivity contribution is 7.16. The van der Waals surface area contributed by atoms with Crippen LogP contribution in [0.1, 0.15) is 20.9 Å². The number of carbonyl (C=O) groups is 1. The van der Waals surface area contributed by atoms with Gasteiger partial charge < -0.3 is 9.88 Å². The normalized spacial score (nSPS) is 10.9. The topological polar surface area (TPSA) is 77.6 Å². The third-order valence-corrected chi connectivity index (χ3v) is 5.35. The molecule has 0 fully saturated rings. The summed E-state index contributed by atoms with van der Waals surface area (Å²) in [6.07, 6.45) is 9.12. The summed E-state index contributed by atoms with van der Waals surface area (Å²) < 4.78 is 3.69. The molecule has 0 aromatic carbocycles. The number of nitrogens with zero attached hydrogens (tertiary/aromatic N) is 5. The number of carbonyl (C=O) groups excluding carboxylic acids is 1. The largest absolute Gasteiger partial charge is 0.347 e. The van der Waals surface area contributed by atoms with E-state index in [1.807, 2.05) is 55.2 Å². The van der Waals surface area contributed by atoms with Crippen molar-refractivity contribution in [2.24, 2.45) is 7.05 Å². The van der Waals surface area contributed by atoms with E-state index in [4.69, 9.17) is 0 Å². The third-order valence-electron chi connectivity index (χ3n) is 4.18. The second kappa shape index (κ2) is 7.16. The van der Waals surface area contributed by atoms with Crippen LogP contribution < -0.4 is 5.32 Å². The van der Waals surface area contributed by atoms with Crippen molar-refractivity contribution >= 4 is 17.2 Å². The first-order valence-corrected chi connectivity index (χ1v) is 9.25. The number of aromatic nitrogens is 5. The average Bonchev–Trinajstić information content (AvgIpc) is 3.40. The highest BCUT2D eigenvalue weighted by Crippen LogP contribution is 2.22. The van der Waals surface area contributed by atoms with Gasteiger partial charge in [-0.3, -0.25) is 14.5 Å². The first-order valence-electron chi connectivity index (χ1n) is 8.43. The number of rotatable bonds is 5. The lowest BCUT2D eigenvalue weighted by molar-refractivity contribution is 0.0954. The molecule has 0 saturated heterocycles. The molecule has 1 N–H and O–H groups in total. The van der Waals surface area contributed by atoms with Crippen LogP contribution >= 0.6 is 11.3 Å². The van der Waals surface area contributed by atoms with Crippen molar-refractivity contribution in [1.82, 2.24) is 29.6 Å². The van der Waals surface area contributed by atoms with Crippen molar-refractivity contribution in [3.8, 4) is 16.4 Å². The van der Waals surface area contributed by atoms with E-state index in [-0.39, 0.29) is 5.91 Å². The van der Waals surface area contributed by atoms with Gasteiger partial charge in [-0.25, -0.2) is 4.98 Å². The minimum absolute atomic E-state index is 0.130. The molecule has 0 aliphatic rings. The van der Waals surface area contributed by atoms with Crippen LogP contribution in [0.25, 0.3) is 16.4 Å². The molecule has 136 valence electrons. The van der Waals surface area contributed by atoms with Gasteiger partial charge in [-0.2, -0.15) is 5.10 Å². The monoisotopic (exact) mass is 378 g/mol. The summed E-state index contributed by atoms with van der Waals surface area (Å²) >= 11 is 1.38. The molecular weight excluding hydrogens is 360 g/mol. The van der Waals surface area contributed by atoms with Gasteiger partial charge in [-0.1, -0.05) is 11.3 Å². The Morgan fingerprint density at radius 2 is 2.07 bits per heavy atom. The minimum atomic E-state index is -0.130. The zero-order valence-corrected chi connectivity index (χ0v) is 15.8. The van der Waals surface area contributed by atoms with E-state index in [9.17, 15) is 4.79 Å². The van der Waals surface area contributed by atoms with Gasteiger partial charge in [0.1, 0.15) is 4.88 Å². The van der Waals surface area contributed by atoms with Crippen LogP contribution in [0.5, 0.6) is 0 Å². The highest BCUT2D eigenvalue weighted by Gasteiger charge is 2.16. The quantitative estimate of drug-likeness (QED) is 0.579. The van der Waals surface area contributed by atoms with Gasteiger partial charge in [0.25, 0.3) is 5.91 Å². The van der Waals surface area contributed by atoms with E-state index >= 15 is 0 Å². The molecule has 0 saturated carbocycles. The summed E-state index contributed by atoms with van der Waals surface area (Å²) in [7, 11) is 1.89. The van der Waals surface area contributed by atoms with Gasteiger partial charge in [-0.15, -0.1) is 0 Å². The lowest BCUT2D eigenvalue weighted by Gasteiger charge is -2.07. The Kier molecular flexibility index (Phi) is 4.55. The maximum Gasteiger partial charge on any atom is 0.263 e. The molecule has 0 spiro atoms. The Labute approximate surface area is 160 Å². The average molecular weight is 378 g/mol. The van der Waals surface area contributed by atoms with Crippen LogP contribution in [0.15, 0.2) is 55.2 Å². The third kappa shape index (κ3) is 3.52. The number of nitrogens with one attached hydrogen (secondary N) is 1. The van der Waals surface area contributed by atoms with E-state index in [0.29, 0.717) is 11.4 Å². The molecule has 4 aromatic heterocycles. The van der Waals surface area contributed by atoms with Crippen molar-refractivity contribution in [2.75, 3.05) is 0 Å². The zero-order valence-electron chi connectivity index (χ0n) is 15.0. The van der Waals surface area contributed by atoms with Crippen molar-refractivity contribution in [1.29, 1.82) is 0 Å². The molecule has 4 aromatic rings. The molecule has 7 nitrogen and oxygen atoms in total. The number of thiazole rings is 1. The smallest absolute Gasteiger partial charge is 0.263 e. The fourth-order valence-electron chi connectivity index (χ4n) is 2.81. The molecule has 0 radical (unpaired) electrons. The van der Waals surface area contributed by atoms with Crippen LogP contribution in [0, 0.1) is 6.92 Å². The summed E-state index contributed by atoms with van der Waals surface area (Å²) in [6.45, 7) is 2.25. The number of amides is 1. The van der Waals surface area contributed by atoms with Gasteiger partial charge in [0.05, 0.1) is 11.4 Å². The molecule has 8 heteroatoms. The van der Waals surface area contributed by atoms with E-state index in [2.05, 4.69) is 20.4 Å². The zero-order chi connectivity index (χ0) is 18.8. The molecule has 1 amide bonds. The predicted molar refractivity (Wildman–Crippen MR) is 104 cm³/mol. The Morgan fingerprint density at radius 3 is 2.81 bits per heavy atom. The van der Waals surface area contributed by atoms with Crippen molar-refractivity contribution in [3.63, 3.8) is 0 Å². The Hall–Kier alpha value is -3.26. The van der Waals surface area contributed by atoms with E-state index in [1.165, 1.54) is 11.3 Å². The van der Waals surface area contributed by atoms with Gasteiger partial charge in [-0.05, 0) is 36.8 Å².